The second-order valence-corrected chi connectivity index (χ2v) is 6.62. The lowest BCUT2D eigenvalue weighted by atomic mass is 10.0. The van der Waals surface area contributed by atoms with E-state index in [4.69, 9.17) is 0 Å². The molecule has 0 heteroatoms. The number of hydrogen-bond donors (Lipinski definition) is 0. The van der Waals surface area contributed by atoms with E-state index in [1.165, 1.54) is 33.4 Å². The Hall–Kier alpha value is -2.34. The highest BCUT2D eigenvalue weighted by molar-refractivity contribution is 5.63. The fourth-order valence-corrected chi connectivity index (χ4v) is 2.88. The third-order valence-electron chi connectivity index (χ3n) is 4.90. The summed E-state index contributed by atoms with van der Waals surface area (Å²) in [7, 11) is 0. The van der Waals surface area contributed by atoms with Crippen molar-refractivity contribution < 1.29 is 0 Å². The maximum Gasteiger partial charge on any atom is -0.0184 e. The highest BCUT2D eigenvalue weighted by Gasteiger charge is 1.97. The second kappa shape index (κ2) is 13.8. The molecule has 0 spiro atoms. The molecule has 0 radical (unpaired) electrons. The molecule has 0 N–H and O–H groups in total. The van der Waals surface area contributed by atoms with Gasteiger partial charge in [-0.15, -0.1) is 0 Å². The first-order valence-electron chi connectivity index (χ1n) is 9.96. The van der Waals surface area contributed by atoms with Crippen LogP contribution >= 0.6 is 0 Å². The van der Waals surface area contributed by atoms with E-state index < -0.39 is 0 Å². The molecule has 0 atom stereocenters. The van der Waals surface area contributed by atoms with Gasteiger partial charge in [0.15, 0.2) is 0 Å². The standard InChI is InChI=1S/C16H18.C10H14.2CH4/c1-3-13-5-9-15(10-6-13)16-11-7-14(4-2)8-12-16;1-3-9-5-7-10(4-2)8-6-9;;/h5-12H,3-4H2,1-2H3;5-8H,3-4H2,1-2H3;2*1H4. The fourth-order valence-electron chi connectivity index (χ4n) is 2.88. The van der Waals surface area contributed by atoms with E-state index in [1.807, 2.05) is 0 Å². The van der Waals surface area contributed by atoms with Crippen molar-refractivity contribution in [3.63, 3.8) is 0 Å². The van der Waals surface area contributed by atoms with E-state index in [9.17, 15) is 0 Å². The lowest BCUT2D eigenvalue weighted by Crippen LogP contribution is -1.83. The molecule has 0 aromatic heterocycles. The predicted octanol–water partition coefficient (Wildman–Crippen LogP) is 8.56. The Bertz CT molecular complexity index is 678. The molecular weight excluding hydrogens is 336 g/mol. The minimum atomic E-state index is 0. The molecule has 3 rings (SSSR count). The quantitative estimate of drug-likeness (QED) is 0.418. The Morgan fingerprint density at radius 3 is 0.714 bits per heavy atom. The highest BCUT2D eigenvalue weighted by Crippen LogP contribution is 2.20. The molecule has 0 bridgehead atoms. The van der Waals surface area contributed by atoms with Crippen molar-refractivity contribution in [3.8, 4) is 11.1 Å². The fraction of sp³-hybridized carbons (Fsp3) is 0.357. The summed E-state index contributed by atoms with van der Waals surface area (Å²) in [5, 5.41) is 0. The first-order valence-corrected chi connectivity index (χ1v) is 9.96. The summed E-state index contributed by atoms with van der Waals surface area (Å²) >= 11 is 0. The third kappa shape index (κ3) is 7.72. The Morgan fingerprint density at radius 1 is 0.357 bits per heavy atom. The molecule has 0 fully saturated rings. The monoisotopic (exact) mass is 376 g/mol. The van der Waals surface area contributed by atoms with Gasteiger partial charge in [0, 0.05) is 0 Å². The smallest absolute Gasteiger partial charge is 0.0184 e. The van der Waals surface area contributed by atoms with Crippen LogP contribution in [0.15, 0.2) is 72.8 Å². The zero-order valence-corrected chi connectivity index (χ0v) is 16.8. The summed E-state index contributed by atoms with van der Waals surface area (Å²) in [4.78, 5) is 0. The van der Waals surface area contributed by atoms with Gasteiger partial charge in [0.25, 0.3) is 0 Å². The molecule has 28 heavy (non-hydrogen) atoms. The molecule has 0 aliphatic rings. The van der Waals surface area contributed by atoms with Gasteiger partial charge in [0.2, 0.25) is 0 Å². The number of benzene rings is 3. The Labute approximate surface area is 174 Å². The van der Waals surface area contributed by atoms with Crippen LogP contribution < -0.4 is 0 Å². The van der Waals surface area contributed by atoms with Crippen molar-refractivity contribution in [2.75, 3.05) is 0 Å². The minimum absolute atomic E-state index is 0. The molecule has 0 unspecified atom stereocenters. The molecule has 152 valence electrons. The molecule has 0 saturated carbocycles. The van der Waals surface area contributed by atoms with Gasteiger partial charge in [-0.05, 0) is 59.1 Å². The maximum absolute atomic E-state index is 2.21. The molecule has 0 aliphatic carbocycles. The summed E-state index contributed by atoms with van der Waals surface area (Å²) in [6.45, 7) is 8.73. The van der Waals surface area contributed by atoms with E-state index in [1.54, 1.807) is 0 Å². The van der Waals surface area contributed by atoms with Crippen LogP contribution in [0.25, 0.3) is 11.1 Å². The van der Waals surface area contributed by atoms with E-state index >= 15 is 0 Å². The van der Waals surface area contributed by atoms with Crippen LogP contribution in [0.5, 0.6) is 0 Å². The topological polar surface area (TPSA) is 0 Å². The van der Waals surface area contributed by atoms with Crippen LogP contribution in [0.1, 0.15) is 64.8 Å². The molecule has 0 nitrogen and oxygen atoms in total. The summed E-state index contributed by atoms with van der Waals surface area (Å²) in [5.41, 5.74) is 8.26. The van der Waals surface area contributed by atoms with Crippen LogP contribution in [0.4, 0.5) is 0 Å². The van der Waals surface area contributed by atoms with Crippen molar-refractivity contribution in [1.82, 2.24) is 0 Å². The zero-order chi connectivity index (χ0) is 18.8. The van der Waals surface area contributed by atoms with Crippen molar-refractivity contribution in [2.45, 2.75) is 68.2 Å². The Balaban J connectivity index is 0.000000532. The Kier molecular flexibility index (Phi) is 12.6. The molecule has 0 saturated heterocycles. The van der Waals surface area contributed by atoms with Crippen LogP contribution in [0, 0.1) is 0 Å². The van der Waals surface area contributed by atoms with Crippen LogP contribution in [0.3, 0.4) is 0 Å². The molecule has 0 aliphatic heterocycles. The van der Waals surface area contributed by atoms with E-state index in [0.29, 0.717) is 0 Å². The molecule has 3 aromatic carbocycles. The molecular formula is C28H40. The van der Waals surface area contributed by atoms with Crippen molar-refractivity contribution in [3.05, 3.63) is 95.1 Å². The van der Waals surface area contributed by atoms with Crippen molar-refractivity contribution in [1.29, 1.82) is 0 Å². The normalized spacial score (nSPS) is 9.43. The van der Waals surface area contributed by atoms with Gasteiger partial charge in [-0.1, -0.05) is 115 Å². The van der Waals surface area contributed by atoms with E-state index in [0.717, 1.165) is 25.7 Å². The SMILES string of the molecule is C.C.CCc1ccc(-c2ccc(CC)cc2)cc1.CCc1ccc(CC)cc1. The van der Waals surface area contributed by atoms with Gasteiger partial charge >= 0.3 is 0 Å². The summed E-state index contributed by atoms with van der Waals surface area (Å²) in [6.07, 6.45) is 4.50. The zero-order valence-electron chi connectivity index (χ0n) is 16.8. The van der Waals surface area contributed by atoms with Crippen LogP contribution in [0.2, 0.25) is 0 Å². The average molecular weight is 377 g/mol. The predicted molar refractivity (Wildman–Crippen MR) is 129 cm³/mol. The Morgan fingerprint density at radius 2 is 0.536 bits per heavy atom. The van der Waals surface area contributed by atoms with Gasteiger partial charge in [0.1, 0.15) is 0 Å². The van der Waals surface area contributed by atoms with E-state index in [-0.39, 0.29) is 14.9 Å². The average Bonchev–Trinajstić information content (AvgIpc) is 2.74. The summed E-state index contributed by atoms with van der Waals surface area (Å²) < 4.78 is 0. The van der Waals surface area contributed by atoms with Gasteiger partial charge in [-0.3, -0.25) is 0 Å². The van der Waals surface area contributed by atoms with Gasteiger partial charge < -0.3 is 0 Å². The van der Waals surface area contributed by atoms with Crippen LogP contribution in [-0.4, -0.2) is 0 Å². The van der Waals surface area contributed by atoms with Crippen LogP contribution in [-0.2, 0) is 25.7 Å². The summed E-state index contributed by atoms with van der Waals surface area (Å²) in [5.74, 6) is 0. The number of hydrogen-bond acceptors (Lipinski definition) is 0. The minimum Gasteiger partial charge on any atom is -0.0776 e. The number of aryl methyl sites for hydroxylation is 4. The van der Waals surface area contributed by atoms with Gasteiger partial charge in [-0.2, -0.15) is 0 Å². The van der Waals surface area contributed by atoms with E-state index in [2.05, 4.69) is 100 Å². The lowest BCUT2D eigenvalue weighted by molar-refractivity contribution is 1.10. The molecule has 0 heterocycles. The first kappa shape index (κ1) is 25.7. The second-order valence-electron chi connectivity index (χ2n) is 6.62. The first-order chi connectivity index (χ1) is 12.7. The van der Waals surface area contributed by atoms with Gasteiger partial charge in [0.05, 0.1) is 0 Å². The highest BCUT2D eigenvalue weighted by atomic mass is 14.0. The molecule has 3 aromatic rings. The number of rotatable bonds is 5. The largest absolute Gasteiger partial charge is 0.0776 e. The third-order valence-corrected chi connectivity index (χ3v) is 4.90. The summed E-state index contributed by atoms with van der Waals surface area (Å²) in [6, 6.07) is 26.5. The van der Waals surface area contributed by atoms with Crippen molar-refractivity contribution in [2.24, 2.45) is 0 Å². The lowest BCUT2D eigenvalue weighted by Gasteiger charge is -2.04. The maximum atomic E-state index is 2.21. The van der Waals surface area contributed by atoms with Gasteiger partial charge in [-0.25, -0.2) is 0 Å². The van der Waals surface area contributed by atoms with Crippen molar-refractivity contribution >= 4 is 0 Å². The molecule has 0 amide bonds.